The van der Waals surface area contributed by atoms with E-state index in [9.17, 15) is 5.11 Å². The smallest absolute Gasteiger partial charge is 0.230 e. The molecule has 1 aromatic carbocycles. The molecule has 2 aromatic rings. The Kier molecular flexibility index (Phi) is 13.7. The molecule has 0 saturated carbocycles. The van der Waals surface area contributed by atoms with E-state index >= 15 is 0 Å². The van der Waals surface area contributed by atoms with Crippen molar-refractivity contribution in [1.82, 2.24) is 15.0 Å². The normalized spacial score (nSPS) is 13.6. The number of nitrogens with one attached hydrogen (secondary N) is 1. The molecular weight excluding hydrogens is 509 g/mol. The Labute approximate surface area is 243 Å². The van der Waals surface area contributed by atoms with Gasteiger partial charge in [0.25, 0.3) is 0 Å². The highest BCUT2D eigenvalue weighted by molar-refractivity contribution is 7.80. The topological polar surface area (TPSA) is 70.9 Å². The number of anilines is 2. The Morgan fingerprint density at radius 1 is 0.658 bits per heavy atom. The van der Waals surface area contributed by atoms with E-state index in [1.807, 2.05) is 12.1 Å². The summed E-state index contributed by atoms with van der Waals surface area (Å²) in [5, 5.41) is 14.2. The first-order chi connectivity index (χ1) is 17.9. The Balaban J connectivity index is 2.35. The molecule has 0 saturated heterocycles. The van der Waals surface area contributed by atoms with Crippen LogP contribution in [0, 0.1) is 11.8 Å². The van der Waals surface area contributed by atoms with Crippen molar-refractivity contribution < 1.29 is 5.11 Å². The minimum absolute atomic E-state index is 0.0526. The number of nitrogens with zero attached hydrogens (tertiary/aromatic N) is 3. The lowest BCUT2D eigenvalue weighted by Crippen LogP contribution is -2.11. The van der Waals surface area contributed by atoms with Gasteiger partial charge in [-0.1, -0.05) is 93.9 Å². The van der Waals surface area contributed by atoms with Gasteiger partial charge < -0.3 is 10.4 Å². The highest BCUT2D eigenvalue weighted by Crippen LogP contribution is 2.37. The van der Waals surface area contributed by atoms with E-state index in [1.54, 1.807) is 0 Å². The van der Waals surface area contributed by atoms with Crippen molar-refractivity contribution in [3.05, 3.63) is 34.9 Å². The number of aromatic nitrogens is 3. The third-order valence-electron chi connectivity index (χ3n) is 6.95. The number of phenols is 1. The Bertz CT molecular complexity index is 925. The molecule has 0 bridgehead atoms. The van der Waals surface area contributed by atoms with E-state index < -0.39 is 0 Å². The summed E-state index contributed by atoms with van der Waals surface area (Å²) in [7, 11) is 0. The van der Waals surface area contributed by atoms with Gasteiger partial charge in [0.15, 0.2) is 0 Å². The number of rotatable bonds is 16. The van der Waals surface area contributed by atoms with Crippen LogP contribution in [0.1, 0.15) is 152 Å². The van der Waals surface area contributed by atoms with Crippen molar-refractivity contribution in [1.29, 1.82) is 0 Å². The van der Waals surface area contributed by atoms with Crippen LogP contribution in [0.25, 0.3) is 0 Å². The molecule has 38 heavy (non-hydrogen) atoms. The predicted molar refractivity (Wildman–Crippen MR) is 169 cm³/mol. The quantitative estimate of drug-likeness (QED) is 0.0934. The third kappa shape index (κ3) is 10.6. The molecule has 1 heterocycles. The number of hydrogen-bond acceptors (Lipinski definition) is 7. The SMILES string of the molecule is CC(C)CCCCC(S)c1nc(Nc2cc(C(C)C)c(O)c(C(C)C)c2)nc(C(S)CCCCC(C)C)n1. The fraction of sp³-hybridized carbons (Fsp3) is 0.710. The van der Waals surface area contributed by atoms with Gasteiger partial charge in [-0.15, -0.1) is 0 Å². The third-order valence-corrected chi connectivity index (χ3v) is 7.93. The van der Waals surface area contributed by atoms with Gasteiger partial charge in [0.2, 0.25) is 5.95 Å². The highest BCUT2D eigenvalue weighted by Gasteiger charge is 2.20. The van der Waals surface area contributed by atoms with Crippen molar-refractivity contribution in [3.63, 3.8) is 0 Å². The molecule has 1 aromatic heterocycles. The summed E-state index contributed by atoms with van der Waals surface area (Å²) in [5.74, 6) is 4.12. The molecule has 0 aliphatic carbocycles. The number of phenolic OH excluding ortho intramolecular Hbond substituents is 1. The zero-order valence-electron chi connectivity index (χ0n) is 25.0. The first kappa shape index (κ1) is 32.7. The predicted octanol–water partition coefficient (Wildman–Crippen LogP) is 9.94. The standard InChI is InChI=1S/C31H52N4OS2/c1-19(2)13-9-11-15-26(37)29-33-30(27(38)16-12-10-14-20(3)4)35-31(34-29)32-23-17-24(21(5)6)28(36)25(18-23)22(7)8/h17-22,26-27,36-38H,9-16H2,1-8H3,(H,32,33,34,35). The molecule has 0 radical (unpaired) electrons. The van der Waals surface area contributed by atoms with E-state index in [0.29, 0.717) is 35.2 Å². The number of aromatic hydroxyl groups is 1. The van der Waals surface area contributed by atoms with Crippen LogP contribution < -0.4 is 5.32 Å². The Hall–Kier alpha value is -1.47. The van der Waals surface area contributed by atoms with Gasteiger partial charge in [-0.05, 0) is 59.8 Å². The lowest BCUT2D eigenvalue weighted by Gasteiger charge is -2.19. The van der Waals surface area contributed by atoms with Crippen LogP contribution in [0.3, 0.4) is 0 Å². The van der Waals surface area contributed by atoms with Gasteiger partial charge in [-0.25, -0.2) is 4.98 Å². The first-order valence-corrected chi connectivity index (χ1v) is 15.7. The molecule has 214 valence electrons. The maximum atomic E-state index is 10.8. The molecule has 0 aliphatic rings. The van der Waals surface area contributed by atoms with Crippen LogP contribution in [0.4, 0.5) is 11.6 Å². The lowest BCUT2D eigenvalue weighted by molar-refractivity contribution is 0.454. The van der Waals surface area contributed by atoms with Crippen LogP contribution in [0.15, 0.2) is 12.1 Å². The molecule has 5 nitrogen and oxygen atoms in total. The first-order valence-electron chi connectivity index (χ1n) is 14.6. The monoisotopic (exact) mass is 560 g/mol. The summed E-state index contributed by atoms with van der Waals surface area (Å²) in [6.45, 7) is 17.4. The number of thiol groups is 2. The minimum Gasteiger partial charge on any atom is -0.507 e. The van der Waals surface area contributed by atoms with E-state index in [1.165, 1.54) is 25.7 Å². The van der Waals surface area contributed by atoms with Gasteiger partial charge in [-0.2, -0.15) is 35.2 Å². The van der Waals surface area contributed by atoms with Crippen LogP contribution in [0.5, 0.6) is 5.75 Å². The number of unbranched alkanes of at least 4 members (excludes halogenated alkanes) is 2. The van der Waals surface area contributed by atoms with Crippen molar-refractivity contribution in [3.8, 4) is 5.75 Å². The molecule has 0 aliphatic heterocycles. The Morgan fingerprint density at radius 3 is 1.42 bits per heavy atom. The zero-order chi connectivity index (χ0) is 28.4. The van der Waals surface area contributed by atoms with Crippen molar-refractivity contribution >= 4 is 36.9 Å². The fourth-order valence-electron chi connectivity index (χ4n) is 4.56. The summed E-state index contributed by atoms with van der Waals surface area (Å²) in [5.41, 5.74) is 2.71. The summed E-state index contributed by atoms with van der Waals surface area (Å²) in [4.78, 5) is 14.5. The summed E-state index contributed by atoms with van der Waals surface area (Å²) < 4.78 is 0. The van der Waals surface area contributed by atoms with Crippen molar-refractivity contribution in [2.45, 2.75) is 129 Å². The maximum absolute atomic E-state index is 10.8. The van der Waals surface area contributed by atoms with E-state index in [4.69, 9.17) is 40.2 Å². The number of hydrogen-bond donors (Lipinski definition) is 4. The average molecular weight is 561 g/mol. The molecule has 2 N–H and O–H groups in total. The van der Waals surface area contributed by atoms with Gasteiger partial charge in [0.1, 0.15) is 17.4 Å². The molecule has 0 spiro atoms. The van der Waals surface area contributed by atoms with Crippen LogP contribution in [-0.4, -0.2) is 20.1 Å². The second kappa shape index (κ2) is 16.0. The van der Waals surface area contributed by atoms with Crippen molar-refractivity contribution in [2.24, 2.45) is 11.8 Å². The van der Waals surface area contributed by atoms with Gasteiger partial charge >= 0.3 is 0 Å². The minimum atomic E-state index is -0.0526. The van der Waals surface area contributed by atoms with E-state index in [2.05, 4.69) is 60.7 Å². The fourth-order valence-corrected chi connectivity index (χ4v) is 5.16. The lowest BCUT2D eigenvalue weighted by atomic mass is 9.93. The molecular formula is C31H52N4OS2. The number of benzene rings is 1. The summed E-state index contributed by atoms with van der Waals surface area (Å²) >= 11 is 9.81. The summed E-state index contributed by atoms with van der Waals surface area (Å²) in [6, 6.07) is 4.01. The van der Waals surface area contributed by atoms with Gasteiger partial charge in [0, 0.05) is 5.69 Å². The van der Waals surface area contributed by atoms with Gasteiger partial charge in [0.05, 0.1) is 10.5 Å². The Morgan fingerprint density at radius 2 is 1.05 bits per heavy atom. The maximum Gasteiger partial charge on any atom is 0.230 e. The molecule has 2 atom stereocenters. The van der Waals surface area contributed by atoms with Crippen LogP contribution in [0.2, 0.25) is 0 Å². The van der Waals surface area contributed by atoms with Crippen molar-refractivity contribution in [2.75, 3.05) is 5.32 Å². The largest absolute Gasteiger partial charge is 0.507 e. The summed E-state index contributed by atoms with van der Waals surface area (Å²) in [6.07, 6.45) is 8.88. The highest BCUT2D eigenvalue weighted by atomic mass is 32.1. The molecule has 7 heteroatoms. The molecule has 2 unspecified atom stereocenters. The van der Waals surface area contributed by atoms with Crippen LogP contribution >= 0.6 is 25.3 Å². The average Bonchev–Trinajstić information content (AvgIpc) is 2.84. The second-order valence-corrected chi connectivity index (χ2v) is 13.4. The zero-order valence-corrected chi connectivity index (χ0v) is 26.7. The second-order valence-electron chi connectivity index (χ2n) is 12.2. The van der Waals surface area contributed by atoms with E-state index in [0.717, 1.165) is 42.5 Å². The molecule has 0 amide bonds. The molecule has 0 fully saturated rings. The van der Waals surface area contributed by atoms with Crippen LogP contribution in [-0.2, 0) is 0 Å². The molecule has 2 rings (SSSR count). The van der Waals surface area contributed by atoms with E-state index in [-0.39, 0.29) is 22.3 Å². The van der Waals surface area contributed by atoms with Gasteiger partial charge in [-0.3, -0.25) is 0 Å².